The zero-order chi connectivity index (χ0) is 13.8. The number of rotatable bonds is 10. The SMILES string of the molecule is CCCCCC(NCC(=O)OCC)C(=O)OCC. The molecule has 0 heterocycles. The molecule has 0 bridgehead atoms. The van der Waals surface area contributed by atoms with Gasteiger partial charge in [-0.2, -0.15) is 0 Å². The van der Waals surface area contributed by atoms with Crippen LogP contribution in [0.15, 0.2) is 0 Å². The van der Waals surface area contributed by atoms with Gasteiger partial charge in [0, 0.05) is 0 Å². The van der Waals surface area contributed by atoms with Crippen molar-refractivity contribution in [3.05, 3.63) is 0 Å². The largest absolute Gasteiger partial charge is 0.465 e. The van der Waals surface area contributed by atoms with Crippen LogP contribution in [0.4, 0.5) is 0 Å². The number of ether oxygens (including phenoxy) is 2. The van der Waals surface area contributed by atoms with Crippen LogP contribution < -0.4 is 5.32 Å². The molecular formula is C13H25NO4. The second-order valence-corrected chi connectivity index (χ2v) is 3.99. The van der Waals surface area contributed by atoms with Crippen LogP contribution in [0.3, 0.4) is 0 Å². The minimum atomic E-state index is -0.416. The number of carbonyl (C=O) groups is 2. The lowest BCUT2D eigenvalue weighted by Crippen LogP contribution is -2.41. The molecule has 1 N–H and O–H groups in total. The molecular weight excluding hydrogens is 234 g/mol. The Morgan fingerprint density at radius 3 is 2.28 bits per heavy atom. The fourth-order valence-corrected chi connectivity index (χ4v) is 1.56. The van der Waals surface area contributed by atoms with Gasteiger partial charge >= 0.3 is 11.9 Å². The molecule has 106 valence electrons. The lowest BCUT2D eigenvalue weighted by atomic mass is 10.1. The minimum absolute atomic E-state index is 0.0451. The number of hydrogen-bond donors (Lipinski definition) is 1. The summed E-state index contributed by atoms with van der Waals surface area (Å²) in [6, 6.07) is -0.416. The molecule has 0 aliphatic heterocycles. The van der Waals surface area contributed by atoms with Gasteiger partial charge in [-0.25, -0.2) is 0 Å². The normalized spacial score (nSPS) is 11.9. The summed E-state index contributed by atoms with van der Waals surface area (Å²) in [4.78, 5) is 22.9. The Hall–Kier alpha value is -1.10. The Labute approximate surface area is 109 Å². The van der Waals surface area contributed by atoms with E-state index in [4.69, 9.17) is 9.47 Å². The maximum absolute atomic E-state index is 11.7. The standard InChI is InChI=1S/C13H25NO4/c1-4-7-8-9-11(13(16)18-6-3)14-10-12(15)17-5-2/h11,14H,4-10H2,1-3H3. The van der Waals surface area contributed by atoms with Crippen molar-refractivity contribution in [3.63, 3.8) is 0 Å². The van der Waals surface area contributed by atoms with Gasteiger partial charge in [0.15, 0.2) is 0 Å². The average Bonchev–Trinajstić information content (AvgIpc) is 2.34. The van der Waals surface area contributed by atoms with Crippen molar-refractivity contribution in [2.24, 2.45) is 0 Å². The van der Waals surface area contributed by atoms with Gasteiger partial charge in [0.1, 0.15) is 6.04 Å². The summed E-state index contributed by atoms with van der Waals surface area (Å²) in [5.74, 6) is -0.639. The molecule has 0 spiro atoms. The van der Waals surface area contributed by atoms with E-state index in [-0.39, 0.29) is 18.5 Å². The van der Waals surface area contributed by atoms with Crippen molar-refractivity contribution in [3.8, 4) is 0 Å². The van der Waals surface area contributed by atoms with E-state index < -0.39 is 6.04 Å². The third kappa shape index (κ3) is 8.06. The van der Waals surface area contributed by atoms with Crippen LogP contribution in [-0.4, -0.2) is 37.7 Å². The van der Waals surface area contributed by atoms with Crippen LogP contribution in [0.5, 0.6) is 0 Å². The van der Waals surface area contributed by atoms with Gasteiger partial charge < -0.3 is 9.47 Å². The van der Waals surface area contributed by atoms with Crippen LogP contribution in [0, 0.1) is 0 Å². The number of unbranched alkanes of at least 4 members (excludes halogenated alkanes) is 2. The first kappa shape index (κ1) is 16.9. The fraction of sp³-hybridized carbons (Fsp3) is 0.846. The van der Waals surface area contributed by atoms with Gasteiger partial charge in [-0.1, -0.05) is 26.2 Å². The van der Waals surface area contributed by atoms with Crippen LogP contribution in [-0.2, 0) is 19.1 Å². The van der Waals surface area contributed by atoms with E-state index >= 15 is 0 Å². The highest BCUT2D eigenvalue weighted by atomic mass is 16.5. The Kier molecular flexibility index (Phi) is 10.3. The Bertz CT molecular complexity index is 243. The van der Waals surface area contributed by atoms with Crippen LogP contribution in [0.2, 0.25) is 0 Å². The summed E-state index contributed by atoms with van der Waals surface area (Å²) in [6.45, 7) is 6.37. The number of carbonyl (C=O) groups excluding carboxylic acids is 2. The van der Waals surface area contributed by atoms with Crippen molar-refractivity contribution in [1.29, 1.82) is 0 Å². The highest BCUT2D eigenvalue weighted by molar-refractivity contribution is 5.77. The maximum Gasteiger partial charge on any atom is 0.323 e. The zero-order valence-corrected chi connectivity index (χ0v) is 11.7. The first-order valence-electron chi connectivity index (χ1n) is 6.71. The van der Waals surface area contributed by atoms with Crippen LogP contribution in [0.25, 0.3) is 0 Å². The molecule has 1 unspecified atom stereocenters. The van der Waals surface area contributed by atoms with Gasteiger partial charge in [-0.3, -0.25) is 14.9 Å². The smallest absolute Gasteiger partial charge is 0.323 e. The monoisotopic (exact) mass is 259 g/mol. The van der Waals surface area contributed by atoms with Crippen molar-refractivity contribution in [1.82, 2.24) is 5.32 Å². The summed E-state index contributed by atoms with van der Waals surface area (Å²) < 4.78 is 9.78. The van der Waals surface area contributed by atoms with Gasteiger partial charge in [-0.05, 0) is 20.3 Å². The van der Waals surface area contributed by atoms with Crippen molar-refractivity contribution in [2.75, 3.05) is 19.8 Å². The molecule has 1 atom stereocenters. The Balaban J connectivity index is 4.10. The zero-order valence-electron chi connectivity index (χ0n) is 11.7. The third-order valence-electron chi connectivity index (χ3n) is 2.47. The molecule has 0 amide bonds. The topological polar surface area (TPSA) is 64.6 Å². The molecule has 0 aromatic rings. The molecule has 0 rings (SSSR count). The minimum Gasteiger partial charge on any atom is -0.465 e. The number of esters is 2. The molecule has 0 aromatic carbocycles. The second kappa shape index (κ2) is 11.0. The highest BCUT2D eigenvalue weighted by Gasteiger charge is 2.19. The van der Waals surface area contributed by atoms with E-state index in [1.54, 1.807) is 13.8 Å². The molecule has 5 nitrogen and oxygen atoms in total. The van der Waals surface area contributed by atoms with Gasteiger partial charge in [0.25, 0.3) is 0 Å². The lowest BCUT2D eigenvalue weighted by Gasteiger charge is -2.16. The number of nitrogens with one attached hydrogen (secondary N) is 1. The van der Waals surface area contributed by atoms with Gasteiger partial charge in [-0.15, -0.1) is 0 Å². The molecule has 0 saturated heterocycles. The Morgan fingerprint density at radius 1 is 1.06 bits per heavy atom. The molecule has 0 aromatic heterocycles. The van der Waals surface area contributed by atoms with Gasteiger partial charge in [0.2, 0.25) is 0 Å². The summed E-state index contributed by atoms with van der Waals surface area (Å²) in [7, 11) is 0. The van der Waals surface area contributed by atoms with Gasteiger partial charge in [0.05, 0.1) is 19.8 Å². The number of hydrogen-bond acceptors (Lipinski definition) is 5. The highest BCUT2D eigenvalue weighted by Crippen LogP contribution is 2.05. The molecule has 0 radical (unpaired) electrons. The molecule has 0 saturated carbocycles. The lowest BCUT2D eigenvalue weighted by molar-refractivity contribution is -0.146. The average molecular weight is 259 g/mol. The summed E-state index contributed by atoms with van der Waals surface area (Å²) in [5.41, 5.74) is 0. The third-order valence-corrected chi connectivity index (χ3v) is 2.47. The first-order valence-corrected chi connectivity index (χ1v) is 6.71. The van der Waals surface area contributed by atoms with E-state index in [0.29, 0.717) is 19.6 Å². The van der Waals surface area contributed by atoms with Crippen molar-refractivity contribution in [2.45, 2.75) is 52.5 Å². The van der Waals surface area contributed by atoms with Crippen molar-refractivity contribution < 1.29 is 19.1 Å². The quantitative estimate of drug-likeness (QED) is 0.477. The molecule has 0 fully saturated rings. The summed E-state index contributed by atoms with van der Waals surface area (Å²) in [5, 5.41) is 2.90. The Morgan fingerprint density at radius 2 is 1.72 bits per heavy atom. The molecule has 5 heteroatoms. The van der Waals surface area contributed by atoms with Crippen LogP contribution in [0.1, 0.15) is 46.5 Å². The summed E-state index contributed by atoms with van der Waals surface area (Å²) >= 11 is 0. The maximum atomic E-state index is 11.7. The van der Waals surface area contributed by atoms with Crippen molar-refractivity contribution >= 4 is 11.9 Å². The predicted molar refractivity (Wildman–Crippen MR) is 69.2 cm³/mol. The molecule has 0 aliphatic rings. The second-order valence-electron chi connectivity index (χ2n) is 3.99. The molecule has 0 aliphatic carbocycles. The van der Waals surface area contributed by atoms with E-state index in [9.17, 15) is 9.59 Å². The van der Waals surface area contributed by atoms with Crippen LogP contribution >= 0.6 is 0 Å². The van der Waals surface area contributed by atoms with E-state index in [2.05, 4.69) is 12.2 Å². The van der Waals surface area contributed by atoms with E-state index in [0.717, 1.165) is 19.3 Å². The summed E-state index contributed by atoms with van der Waals surface area (Å²) in [6.07, 6.45) is 3.78. The molecule has 18 heavy (non-hydrogen) atoms. The van der Waals surface area contributed by atoms with E-state index in [1.807, 2.05) is 0 Å². The van der Waals surface area contributed by atoms with E-state index in [1.165, 1.54) is 0 Å². The predicted octanol–water partition coefficient (Wildman–Crippen LogP) is 1.65. The first-order chi connectivity index (χ1) is 8.65. The fourth-order valence-electron chi connectivity index (χ4n) is 1.56.